The lowest BCUT2D eigenvalue weighted by Crippen LogP contribution is -2.54. The smallest absolute Gasteiger partial charge is 0.327 e. The largest absolute Gasteiger partial charge is 0.481 e. The third-order valence-electron chi connectivity index (χ3n) is 7.75. The van der Waals surface area contributed by atoms with E-state index in [9.17, 15) is 57.8 Å². The normalized spacial score (nSPS) is 16.5. The lowest BCUT2D eigenvalue weighted by Gasteiger charge is -2.20. The zero-order valence-corrected chi connectivity index (χ0v) is 31.0. The van der Waals surface area contributed by atoms with E-state index in [-0.39, 0.29) is 37.4 Å². The number of nitrogens with two attached hydrogens (primary N) is 1. The van der Waals surface area contributed by atoms with Gasteiger partial charge in [0, 0.05) is 43.9 Å². The van der Waals surface area contributed by atoms with Crippen LogP contribution in [0.5, 0.6) is 0 Å². The first-order valence-electron chi connectivity index (χ1n) is 16.6. The quantitative estimate of drug-likeness (QED) is 0.0206. The number of Topliss-reactive ketones (excluding diaryl/α,β-unsaturated/α-hetero) is 1. The molecule has 0 bridgehead atoms. The highest BCUT2D eigenvalue weighted by Gasteiger charge is 2.39. The van der Waals surface area contributed by atoms with E-state index in [4.69, 9.17) is 26.2 Å². The third-order valence-corrected chi connectivity index (χ3v) is 9.41. The van der Waals surface area contributed by atoms with Crippen molar-refractivity contribution in [2.75, 3.05) is 31.1 Å². The van der Waals surface area contributed by atoms with Gasteiger partial charge in [-0.2, -0.15) is 12.6 Å². The molecule has 0 radical (unpaired) electrons. The zero-order valence-electron chi connectivity index (χ0n) is 29.3. The lowest BCUT2D eigenvalue weighted by molar-refractivity contribution is -0.141. The Morgan fingerprint density at radius 1 is 0.800 bits per heavy atom. The molecule has 0 aromatic heterocycles. The molecule has 0 aromatic carbocycles. The van der Waals surface area contributed by atoms with Crippen LogP contribution in [0.2, 0.25) is 0 Å². The number of likely N-dealkylation sites (tertiary alicyclic amines) is 1. The number of thioether (sulfide) groups is 1. The van der Waals surface area contributed by atoms with Crippen LogP contribution in [0, 0.1) is 0 Å². The molecule has 0 aliphatic carbocycles. The average molecular weight is 824 g/mol. The van der Waals surface area contributed by atoms with Crippen LogP contribution in [-0.4, -0.2) is 162 Å². The first-order valence-corrected chi connectivity index (χ1v) is 18.3. The SMILES string of the molecule is N[C@@H](CNC(=O)CCCCCN1C(=O)CC(SC[C@H](NC(=O)N[C@@H](CCC(=O)O)C(=O)O)C(=O)O)C1=O)C(=O)N[C@@H](CC(=O)O)C(=O)CN[C@@H](CS)C(=O)O. The van der Waals surface area contributed by atoms with Crippen molar-refractivity contribution in [3.63, 3.8) is 0 Å². The van der Waals surface area contributed by atoms with Gasteiger partial charge in [0.1, 0.15) is 24.2 Å². The molecule has 55 heavy (non-hydrogen) atoms. The molecule has 1 rings (SSSR count). The highest BCUT2D eigenvalue weighted by molar-refractivity contribution is 8.00. The Kier molecular flexibility index (Phi) is 21.3. The molecule has 12 N–H and O–H groups in total. The molecule has 23 nitrogen and oxygen atoms in total. The van der Waals surface area contributed by atoms with Gasteiger partial charge in [-0.25, -0.2) is 14.4 Å². The maximum atomic E-state index is 12.8. The fourth-order valence-electron chi connectivity index (χ4n) is 4.70. The molecule has 1 fully saturated rings. The minimum absolute atomic E-state index is 0.00861. The fourth-order valence-corrected chi connectivity index (χ4v) is 6.17. The summed E-state index contributed by atoms with van der Waals surface area (Å²) in [6.07, 6.45) is -1.09. The molecule has 1 unspecified atom stereocenters. The molecule has 6 atom stereocenters. The number of carboxylic acids is 5. The van der Waals surface area contributed by atoms with Gasteiger partial charge in [-0.15, -0.1) is 11.8 Å². The molecular weight excluding hydrogens is 778 g/mol. The van der Waals surface area contributed by atoms with Crippen LogP contribution in [-0.2, 0) is 47.9 Å². The van der Waals surface area contributed by atoms with Crippen LogP contribution in [0.4, 0.5) is 4.79 Å². The highest BCUT2D eigenvalue weighted by Crippen LogP contribution is 2.26. The van der Waals surface area contributed by atoms with Crippen molar-refractivity contribution < 1.29 is 78.3 Å². The van der Waals surface area contributed by atoms with Gasteiger partial charge < -0.3 is 52.5 Å². The Morgan fingerprint density at radius 3 is 1.98 bits per heavy atom. The lowest BCUT2D eigenvalue weighted by atomic mass is 10.1. The molecule has 308 valence electrons. The van der Waals surface area contributed by atoms with Gasteiger partial charge in [-0.05, 0) is 19.3 Å². The van der Waals surface area contributed by atoms with Crippen molar-refractivity contribution in [3.8, 4) is 0 Å². The molecule has 25 heteroatoms. The number of rotatable bonds is 28. The number of ketones is 1. The Labute approximate surface area is 322 Å². The molecule has 0 spiro atoms. The number of nitrogens with zero attached hydrogens (tertiary/aromatic N) is 1. The average Bonchev–Trinajstić information content (AvgIpc) is 3.37. The number of carboxylic acid groups (broad SMARTS) is 5. The van der Waals surface area contributed by atoms with Crippen molar-refractivity contribution in [1.29, 1.82) is 0 Å². The second-order valence-corrected chi connectivity index (χ2v) is 13.6. The number of aliphatic carboxylic acids is 5. The molecule has 1 saturated heterocycles. The van der Waals surface area contributed by atoms with Gasteiger partial charge in [0.2, 0.25) is 23.6 Å². The second kappa shape index (κ2) is 24.4. The number of amides is 6. The van der Waals surface area contributed by atoms with E-state index >= 15 is 0 Å². The minimum atomic E-state index is -1.60. The summed E-state index contributed by atoms with van der Waals surface area (Å²) >= 11 is 4.64. The van der Waals surface area contributed by atoms with Gasteiger partial charge in [-0.1, -0.05) is 6.42 Å². The summed E-state index contributed by atoms with van der Waals surface area (Å²) in [6.45, 7) is -0.936. The molecule has 1 aliphatic heterocycles. The summed E-state index contributed by atoms with van der Waals surface area (Å²) < 4.78 is 0. The monoisotopic (exact) mass is 823 g/mol. The third kappa shape index (κ3) is 18.2. The van der Waals surface area contributed by atoms with Crippen LogP contribution in [0.3, 0.4) is 0 Å². The number of thiol groups is 1. The Balaban J connectivity index is 2.49. The summed E-state index contributed by atoms with van der Waals surface area (Å²) in [6, 6.07) is -8.48. The predicted octanol–water partition coefficient (Wildman–Crippen LogP) is -3.58. The van der Waals surface area contributed by atoms with Crippen LogP contribution >= 0.6 is 24.4 Å². The summed E-state index contributed by atoms with van der Waals surface area (Å²) in [7, 11) is 0. The molecule has 1 heterocycles. The number of carbonyl (C=O) groups is 11. The second-order valence-electron chi connectivity index (χ2n) is 12.0. The number of hydrogen-bond donors (Lipinski definition) is 12. The number of carbonyl (C=O) groups excluding carboxylic acids is 6. The van der Waals surface area contributed by atoms with Crippen molar-refractivity contribution in [2.24, 2.45) is 5.73 Å². The Morgan fingerprint density at radius 2 is 1.42 bits per heavy atom. The van der Waals surface area contributed by atoms with Gasteiger partial charge >= 0.3 is 35.9 Å². The maximum absolute atomic E-state index is 12.8. The van der Waals surface area contributed by atoms with Crippen LogP contribution in [0.15, 0.2) is 0 Å². The Bertz CT molecular complexity index is 1470. The van der Waals surface area contributed by atoms with Crippen molar-refractivity contribution in [2.45, 2.75) is 86.8 Å². The van der Waals surface area contributed by atoms with E-state index in [0.717, 1.165) is 16.7 Å². The fraction of sp³-hybridized carbons (Fsp3) is 0.633. The predicted molar refractivity (Wildman–Crippen MR) is 191 cm³/mol. The van der Waals surface area contributed by atoms with E-state index in [1.54, 1.807) is 0 Å². The maximum Gasteiger partial charge on any atom is 0.327 e. The van der Waals surface area contributed by atoms with E-state index in [0.29, 0.717) is 19.3 Å². The van der Waals surface area contributed by atoms with Crippen molar-refractivity contribution >= 4 is 89.7 Å². The first kappa shape index (κ1) is 48.0. The van der Waals surface area contributed by atoms with Gasteiger partial charge in [0.05, 0.1) is 24.3 Å². The first-order chi connectivity index (χ1) is 25.8. The van der Waals surface area contributed by atoms with Crippen LogP contribution in [0.25, 0.3) is 0 Å². The van der Waals surface area contributed by atoms with Gasteiger partial charge in [-0.3, -0.25) is 48.6 Å². The van der Waals surface area contributed by atoms with E-state index in [1.807, 2.05) is 5.32 Å². The summed E-state index contributed by atoms with van der Waals surface area (Å²) in [5.41, 5.74) is 5.78. The standard InChI is InChI=1S/C30H45N7O16S2/c31-14(25(45)34-16(8-24(43)44)19(38)11-32-17(12-54)28(49)50)10-33-21(39)4-2-1-3-7-37-22(40)9-20(26(37)46)55-13-18(29(51)52)36-30(53)35-15(27(47)48)5-6-23(41)42/h14-18,20,32,54H,1-13,31H2,(H,33,39)(H,34,45)(H,41,42)(H,43,44)(H,47,48)(H,49,50)(H,51,52)(H2,35,36,53)/t14-,15-,16-,17-,18-,20?/m0/s1. The summed E-state index contributed by atoms with van der Waals surface area (Å²) in [5, 5.41) is 55.7. The molecule has 1 aliphatic rings. The topological polar surface area (TPSA) is 378 Å². The number of imide groups is 1. The van der Waals surface area contributed by atoms with Crippen LogP contribution in [0.1, 0.15) is 51.4 Å². The summed E-state index contributed by atoms with van der Waals surface area (Å²) in [5.74, 6) is -10.9. The number of hydrogen-bond acceptors (Lipinski definition) is 15. The van der Waals surface area contributed by atoms with Crippen molar-refractivity contribution in [1.82, 2.24) is 31.5 Å². The van der Waals surface area contributed by atoms with Crippen LogP contribution < -0.4 is 32.3 Å². The van der Waals surface area contributed by atoms with Gasteiger partial charge in [0.15, 0.2) is 5.78 Å². The Hall–Kier alpha value is -5.01. The van der Waals surface area contributed by atoms with E-state index < -0.39 is 127 Å². The highest BCUT2D eigenvalue weighted by atomic mass is 32.2. The zero-order chi connectivity index (χ0) is 41.8. The molecule has 0 aromatic rings. The minimum Gasteiger partial charge on any atom is -0.481 e. The molecule has 6 amide bonds. The summed E-state index contributed by atoms with van der Waals surface area (Å²) in [4.78, 5) is 132. The van der Waals surface area contributed by atoms with Crippen molar-refractivity contribution in [3.05, 3.63) is 0 Å². The van der Waals surface area contributed by atoms with E-state index in [2.05, 4.69) is 33.9 Å². The molecule has 0 saturated carbocycles. The number of unbranched alkanes of at least 4 members (excludes halogenated alkanes) is 2. The van der Waals surface area contributed by atoms with E-state index in [1.165, 1.54) is 0 Å². The molecular formula is C30H45N7O16S2. The van der Waals surface area contributed by atoms with Gasteiger partial charge in [0.25, 0.3) is 0 Å². The number of nitrogens with one attached hydrogen (secondary N) is 5. The number of urea groups is 1.